The fourth-order valence-corrected chi connectivity index (χ4v) is 3.53. The highest BCUT2D eigenvalue weighted by molar-refractivity contribution is 9.10. The molecule has 0 aliphatic carbocycles. The molecule has 134 valence electrons. The quantitative estimate of drug-likeness (QED) is 0.509. The average Bonchev–Trinajstić information content (AvgIpc) is 2.79. The normalized spacial score (nSPS) is 16.0. The summed E-state index contributed by atoms with van der Waals surface area (Å²) in [6.07, 6.45) is 3.39. The second-order valence-corrected chi connectivity index (χ2v) is 7.43. The summed E-state index contributed by atoms with van der Waals surface area (Å²) in [5.41, 5.74) is 0.795. The van der Waals surface area contributed by atoms with Gasteiger partial charge in [0.2, 0.25) is 0 Å². The summed E-state index contributed by atoms with van der Waals surface area (Å²) in [4.78, 5) is 14.3. The van der Waals surface area contributed by atoms with Crippen LogP contribution in [0.2, 0.25) is 0 Å². The van der Waals surface area contributed by atoms with E-state index in [4.69, 9.17) is 14.9 Å². The maximum Gasteiger partial charge on any atom is 0.267 e. The van der Waals surface area contributed by atoms with Crippen molar-refractivity contribution in [1.29, 1.82) is 5.41 Å². The van der Waals surface area contributed by atoms with Gasteiger partial charge >= 0.3 is 0 Å². The van der Waals surface area contributed by atoms with Gasteiger partial charge in [-0.25, -0.2) is 0 Å². The lowest BCUT2D eigenvalue weighted by molar-refractivity contribution is -0.121. The summed E-state index contributed by atoms with van der Waals surface area (Å²) < 4.78 is 12.3. The Bertz CT molecular complexity index is 731. The van der Waals surface area contributed by atoms with E-state index in [9.17, 15) is 4.79 Å². The van der Waals surface area contributed by atoms with E-state index in [2.05, 4.69) is 22.5 Å². The molecule has 0 bridgehead atoms. The number of amidine groups is 1. The van der Waals surface area contributed by atoms with Gasteiger partial charge in [-0.1, -0.05) is 22.0 Å². The lowest BCUT2D eigenvalue weighted by Gasteiger charge is -2.16. The zero-order chi connectivity index (χ0) is 18.6. The second-order valence-electron chi connectivity index (χ2n) is 5.54. The number of thioether (sulfide) groups is 1. The molecule has 1 amide bonds. The van der Waals surface area contributed by atoms with Crippen molar-refractivity contribution in [3.05, 3.63) is 39.7 Å². The molecule has 0 saturated carbocycles. The van der Waals surface area contributed by atoms with Crippen molar-refractivity contribution in [1.82, 2.24) is 4.90 Å². The number of amides is 1. The van der Waals surface area contributed by atoms with E-state index in [1.54, 1.807) is 12.2 Å². The minimum atomic E-state index is -0.192. The third-order valence-corrected chi connectivity index (χ3v) is 4.84. The van der Waals surface area contributed by atoms with Crippen LogP contribution in [0.25, 0.3) is 6.08 Å². The molecule has 2 rings (SSSR count). The molecular weight excluding hydrogens is 404 g/mol. The van der Waals surface area contributed by atoms with Crippen LogP contribution in [0.5, 0.6) is 11.5 Å². The van der Waals surface area contributed by atoms with Gasteiger partial charge in [0.15, 0.2) is 16.7 Å². The van der Waals surface area contributed by atoms with Crippen molar-refractivity contribution in [2.24, 2.45) is 0 Å². The number of ether oxygens (including phenoxy) is 2. The summed E-state index contributed by atoms with van der Waals surface area (Å²) in [6, 6.07) is 3.68. The van der Waals surface area contributed by atoms with E-state index >= 15 is 0 Å². The molecule has 5 nitrogen and oxygen atoms in total. The topological polar surface area (TPSA) is 62.6 Å². The first-order valence-corrected chi connectivity index (χ1v) is 9.52. The molecule has 1 aromatic carbocycles. The van der Waals surface area contributed by atoms with Gasteiger partial charge in [0.1, 0.15) is 0 Å². The minimum Gasteiger partial charge on any atom is -0.490 e. The molecule has 0 spiro atoms. The molecule has 1 aliphatic heterocycles. The highest BCUT2D eigenvalue weighted by Crippen LogP contribution is 2.38. The van der Waals surface area contributed by atoms with E-state index in [0.717, 1.165) is 21.8 Å². The van der Waals surface area contributed by atoms with E-state index in [-0.39, 0.29) is 17.2 Å². The Morgan fingerprint density at radius 2 is 2.12 bits per heavy atom. The van der Waals surface area contributed by atoms with Crippen molar-refractivity contribution in [2.75, 3.05) is 13.2 Å². The van der Waals surface area contributed by atoms with Crippen LogP contribution in [-0.4, -0.2) is 35.2 Å². The molecule has 1 fully saturated rings. The third-order valence-electron chi connectivity index (χ3n) is 3.23. The van der Waals surface area contributed by atoms with E-state index in [1.807, 2.05) is 32.9 Å². The van der Waals surface area contributed by atoms with Crippen molar-refractivity contribution >= 4 is 44.8 Å². The number of carbonyl (C=O) groups is 1. The van der Waals surface area contributed by atoms with Gasteiger partial charge in [-0.05, 0) is 56.3 Å². The SMILES string of the molecule is C=CCN1C(=N)SC(=Cc2cc(OCC)c(OC(C)C)cc2Br)C1=O. The van der Waals surface area contributed by atoms with Crippen LogP contribution in [0.4, 0.5) is 0 Å². The van der Waals surface area contributed by atoms with Crippen LogP contribution >= 0.6 is 27.7 Å². The Morgan fingerprint density at radius 3 is 2.72 bits per heavy atom. The Labute approximate surface area is 160 Å². The standard InChI is InChI=1S/C18H21BrN2O3S/c1-5-7-21-17(22)16(25-18(21)20)9-12-8-14(23-6-2)15(10-13(12)19)24-11(3)4/h5,8-11,20H,1,6-7H2,2-4H3. The zero-order valence-electron chi connectivity index (χ0n) is 14.5. The van der Waals surface area contributed by atoms with Crippen LogP contribution in [0.3, 0.4) is 0 Å². The molecular formula is C18H21BrN2O3S. The maximum absolute atomic E-state index is 12.4. The lowest BCUT2D eigenvalue weighted by Crippen LogP contribution is -2.28. The number of benzene rings is 1. The van der Waals surface area contributed by atoms with Crippen molar-refractivity contribution in [3.63, 3.8) is 0 Å². The molecule has 1 aliphatic rings. The first-order valence-electron chi connectivity index (χ1n) is 7.91. The molecule has 0 unspecified atom stereocenters. The number of carbonyl (C=O) groups excluding carboxylic acids is 1. The first-order chi connectivity index (χ1) is 11.9. The monoisotopic (exact) mass is 424 g/mol. The second kappa shape index (κ2) is 8.58. The van der Waals surface area contributed by atoms with E-state index < -0.39 is 0 Å². The van der Waals surface area contributed by atoms with E-state index in [1.165, 1.54) is 4.90 Å². The summed E-state index contributed by atoms with van der Waals surface area (Å²) in [5.74, 6) is 1.08. The van der Waals surface area contributed by atoms with Gasteiger partial charge in [-0.15, -0.1) is 6.58 Å². The Hall–Kier alpha value is -1.73. The fourth-order valence-electron chi connectivity index (χ4n) is 2.23. The largest absolute Gasteiger partial charge is 0.490 e. The minimum absolute atomic E-state index is 0.0233. The van der Waals surface area contributed by atoms with Gasteiger partial charge in [-0.3, -0.25) is 15.1 Å². The van der Waals surface area contributed by atoms with Gasteiger partial charge in [-0.2, -0.15) is 0 Å². The van der Waals surface area contributed by atoms with Gasteiger partial charge in [0, 0.05) is 11.0 Å². The first kappa shape index (κ1) is 19.6. The van der Waals surface area contributed by atoms with Crippen LogP contribution in [-0.2, 0) is 4.79 Å². The van der Waals surface area contributed by atoms with Crippen molar-refractivity contribution in [2.45, 2.75) is 26.9 Å². The van der Waals surface area contributed by atoms with Crippen molar-refractivity contribution in [3.8, 4) is 11.5 Å². The highest BCUT2D eigenvalue weighted by atomic mass is 79.9. The Balaban J connectivity index is 2.39. The van der Waals surface area contributed by atoms with Crippen LogP contribution in [0.1, 0.15) is 26.3 Å². The Kier molecular flexibility index (Phi) is 6.72. The fraction of sp³-hybridized carbons (Fsp3) is 0.333. The summed E-state index contributed by atoms with van der Waals surface area (Å²) in [6.45, 7) is 10.3. The number of nitrogens with zero attached hydrogens (tertiary/aromatic N) is 1. The number of halogens is 1. The van der Waals surface area contributed by atoms with Gasteiger partial charge in [0.05, 0.1) is 17.6 Å². The molecule has 0 aromatic heterocycles. The number of hydrogen-bond acceptors (Lipinski definition) is 5. The molecule has 1 N–H and O–H groups in total. The predicted octanol–water partition coefficient (Wildman–Crippen LogP) is 4.67. The van der Waals surface area contributed by atoms with E-state index in [0.29, 0.717) is 29.6 Å². The molecule has 25 heavy (non-hydrogen) atoms. The summed E-state index contributed by atoms with van der Waals surface area (Å²) in [7, 11) is 0. The average molecular weight is 425 g/mol. The molecule has 1 heterocycles. The highest BCUT2D eigenvalue weighted by Gasteiger charge is 2.31. The van der Waals surface area contributed by atoms with Crippen LogP contribution < -0.4 is 9.47 Å². The number of hydrogen-bond donors (Lipinski definition) is 1. The Morgan fingerprint density at radius 1 is 1.40 bits per heavy atom. The summed E-state index contributed by atoms with van der Waals surface area (Å²) in [5, 5.41) is 8.14. The molecule has 0 radical (unpaired) electrons. The molecule has 1 saturated heterocycles. The molecule has 7 heteroatoms. The van der Waals surface area contributed by atoms with Crippen LogP contribution in [0.15, 0.2) is 34.2 Å². The summed E-state index contributed by atoms with van der Waals surface area (Å²) >= 11 is 4.67. The maximum atomic E-state index is 12.4. The molecule has 1 aromatic rings. The number of rotatable bonds is 7. The third kappa shape index (κ3) is 4.67. The van der Waals surface area contributed by atoms with Gasteiger partial charge in [0.25, 0.3) is 5.91 Å². The predicted molar refractivity (Wildman–Crippen MR) is 106 cm³/mol. The number of nitrogens with one attached hydrogen (secondary N) is 1. The van der Waals surface area contributed by atoms with Crippen LogP contribution in [0, 0.1) is 5.41 Å². The lowest BCUT2D eigenvalue weighted by atomic mass is 10.1. The molecule has 0 atom stereocenters. The zero-order valence-corrected chi connectivity index (χ0v) is 16.9. The van der Waals surface area contributed by atoms with Crippen molar-refractivity contribution < 1.29 is 14.3 Å². The smallest absolute Gasteiger partial charge is 0.267 e. The van der Waals surface area contributed by atoms with Gasteiger partial charge < -0.3 is 9.47 Å².